The minimum Gasteiger partial charge on any atom is -0.385 e. The summed E-state index contributed by atoms with van der Waals surface area (Å²) in [5.74, 6) is 0.705. The van der Waals surface area contributed by atoms with E-state index >= 15 is 0 Å². The highest BCUT2D eigenvalue weighted by Gasteiger charge is 2.62. The van der Waals surface area contributed by atoms with Crippen molar-refractivity contribution in [2.75, 3.05) is 0 Å². The summed E-state index contributed by atoms with van der Waals surface area (Å²) < 4.78 is 0. The molecule has 0 aromatic heterocycles. The number of aliphatic hydroxyl groups excluding tert-OH is 1. The fourth-order valence-corrected chi connectivity index (χ4v) is 6.05. The van der Waals surface area contributed by atoms with Crippen LogP contribution in [0.2, 0.25) is 0 Å². The molecule has 0 unspecified atom stereocenters. The minimum absolute atomic E-state index is 0.103. The largest absolute Gasteiger partial charge is 0.385 e. The highest BCUT2D eigenvalue weighted by atomic mass is 16.3. The van der Waals surface area contributed by atoms with Crippen LogP contribution in [-0.4, -0.2) is 22.8 Å². The van der Waals surface area contributed by atoms with Crippen LogP contribution in [0.5, 0.6) is 0 Å². The zero-order chi connectivity index (χ0) is 17.2. The van der Waals surface area contributed by atoms with Crippen molar-refractivity contribution in [3.8, 4) is 0 Å². The molecule has 0 bridgehead atoms. The summed E-state index contributed by atoms with van der Waals surface area (Å²) in [7, 11) is 0. The van der Waals surface area contributed by atoms with Crippen molar-refractivity contribution in [2.24, 2.45) is 34.5 Å². The summed E-state index contributed by atoms with van der Waals surface area (Å²) >= 11 is 0. The second kappa shape index (κ2) is 5.14. The number of hydrogen-bond acceptors (Lipinski definition) is 3. The molecule has 0 spiro atoms. The Morgan fingerprint density at radius 3 is 2.52 bits per heavy atom. The lowest BCUT2D eigenvalue weighted by Crippen LogP contribution is -2.62. The number of aliphatic hydroxyl groups is 1. The molecule has 0 aliphatic heterocycles. The summed E-state index contributed by atoms with van der Waals surface area (Å²) in [6, 6.07) is 0. The number of allylic oxidation sites excluding steroid dienone is 3. The average molecular weight is 316 g/mol. The molecule has 23 heavy (non-hydrogen) atoms. The van der Waals surface area contributed by atoms with E-state index in [-0.39, 0.29) is 34.7 Å². The molecule has 0 amide bonds. The van der Waals surface area contributed by atoms with E-state index < -0.39 is 11.5 Å². The molecule has 126 valence electrons. The van der Waals surface area contributed by atoms with Gasteiger partial charge < -0.3 is 5.11 Å². The van der Waals surface area contributed by atoms with E-state index in [0.29, 0.717) is 12.3 Å². The minimum atomic E-state index is -0.910. The Bertz CT molecular complexity index is 600. The molecule has 6 atom stereocenters. The molecule has 3 aliphatic rings. The number of rotatable bonds is 1. The topological polar surface area (TPSA) is 54.4 Å². The van der Waals surface area contributed by atoms with Crippen LogP contribution in [0.3, 0.4) is 0 Å². The Morgan fingerprint density at radius 1 is 1.26 bits per heavy atom. The lowest BCUT2D eigenvalue weighted by atomic mass is 9.43. The third kappa shape index (κ3) is 2.12. The Kier molecular flexibility index (Phi) is 3.72. The van der Waals surface area contributed by atoms with Gasteiger partial charge in [0.05, 0.1) is 0 Å². The van der Waals surface area contributed by atoms with Gasteiger partial charge in [0, 0.05) is 17.8 Å². The molecule has 0 aromatic rings. The zero-order valence-electron chi connectivity index (χ0n) is 14.6. The maximum absolute atomic E-state index is 12.9. The van der Waals surface area contributed by atoms with Crippen LogP contribution in [0.15, 0.2) is 24.3 Å². The Hall–Kier alpha value is -1.22. The van der Waals surface area contributed by atoms with Crippen LogP contribution >= 0.6 is 0 Å². The van der Waals surface area contributed by atoms with Crippen molar-refractivity contribution >= 4 is 11.6 Å². The SMILES string of the molecule is C=CC1=CC(=O)[C@H]2[C@@H](CC[C@H]3C(C)(C)[C@@H](O)C(=O)C[C@]23C)[C@H]1C. The Balaban J connectivity index is 2.09. The predicted molar refractivity (Wildman–Crippen MR) is 89.7 cm³/mol. The van der Waals surface area contributed by atoms with Crippen LogP contribution in [0.1, 0.15) is 47.0 Å². The van der Waals surface area contributed by atoms with E-state index in [4.69, 9.17) is 0 Å². The first kappa shape index (κ1) is 16.6. The average Bonchev–Trinajstić information content (AvgIpc) is 2.47. The van der Waals surface area contributed by atoms with E-state index in [9.17, 15) is 14.7 Å². The molecule has 0 saturated heterocycles. The predicted octanol–water partition coefficient (Wildman–Crippen LogP) is 3.33. The smallest absolute Gasteiger partial charge is 0.162 e. The number of ketones is 2. The van der Waals surface area contributed by atoms with Crippen molar-refractivity contribution in [2.45, 2.75) is 53.1 Å². The first-order valence-electron chi connectivity index (χ1n) is 8.73. The standard InChI is InChI=1S/C20H28O3/c1-6-12-9-14(21)17-13(11(12)2)7-8-16-19(3,4)18(23)15(22)10-20(16,17)5/h6,9,11,13,16-18,23H,1,7-8,10H2,2-5H3/t11-,13-,16-,17+,18-,20-/m0/s1. The lowest BCUT2D eigenvalue weighted by Gasteiger charge is -2.60. The molecule has 3 rings (SSSR count). The quantitative estimate of drug-likeness (QED) is 0.807. The van der Waals surface area contributed by atoms with Crippen LogP contribution in [-0.2, 0) is 9.59 Å². The van der Waals surface area contributed by atoms with Gasteiger partial charge in [-0.25, -0.2) is 0 Å². The number of carbonyl (C=O) groups is 2. The first-order valence-corrected chi connectivity index (χ1v) is 8.73. The van der Waals surface area contributed by atoms with E-state index in [1.54, 1.807) is 12.2 Å². The summed E-state index contributed by atoms with van der Waals surface area (Å²) in [5, 5.41) is 10.4. The fourth-order valence-electron chi connectivity index (χ4n) is 6.05. The van der Waals surface area contributed by atoms with E-state index in [2.05, 4.69) is 20.4 Å². The monoisotopic (exact) mass is 316 g/mol. The number of carbonyl (C=O) groups excluding carboxylic acids is 2. The molecule has 0 aromatic carbocycles. The Labute approximate surface area is 138 Å². The van der Waals surface area contributed by atoms with Crippen LogP contribution < -0.4 is 0 Å². The molecule has 1 N–H and O–H groups in total. The van der Waals surface area contributed by atoms with Crippen molar-refractivity contribution in [1.82, 2.24) is 0 Å². The van der Waals surface area contributed by atoms with Crippen molar-refractivity contribution in [3.05, 3.63) is 24.3 Å². The third-order valence-electron chi connectivity index (χ3n) is 7.21. The molecular formula is C20H28O3. The van der Waals surface area contributed by atoms with E-state index in [1.165, 1.54) is 0 Å². The highest BCUT2D eigenvalue weighted by Crippen LogP contribution is 2.62. The maximum Gasteiger partial charge on any atom is 0.162 e. The normalized spacial score (nSPS) is 45.8. The molecule has 0 radical (unpaired) electrons. The molecular weight excluding hydrogens is 288 g/mol. The number of fused-ring (bicyclic) bond motifs is 3. The lowest BCUT2D eigenvalue weighted by molar-refractivity contribution is -0.175. The molecule has 3 aliphatic carbocycles. The second-order valence-corrected chi connectivity index (χ2v) is 8.68. The second-order valence-electron chi connectivity index (χ2n) is 8.68. The number of hydrogen-bond donors (Lipinski definition) is 1. The molecule has 3 nitrogen and oxygen atoms in total. The van der Waals surface area contributed by atoms with Gasteiger partial charge >= 0.3 is 0 Å². The van der Waals surface area contributed by atoms with E-state index in [1.807, 2.05) is 13.8 Å². The number of Topliss-reactive ketones (excluding diaryl/α,β-unsaturated/α-hetero) is 1. The van der Waals surface area contributed by atoms with E-state index in [0.717, 1.165) is 18.4 Å². The third-order valence-corrected chi connectivity index (χ3v) is 7.21. The van der Waals surface area contributed by atoms with Gasteiger partial charge in [0.25, 0.3) is 0 Å². The van der Waals surface area contributed by atoms with Crippen molar-refractivity contribution in [1.29, 1.82) is 0 Å². The summed E-state index contributed by atoms with van der Waals surface area (Å²) in [5.41, 5.74) is 0.206. The van der Waals surface area contributed by atoms with Crippen molar-refractivity contribution < 1.29 is 14.7 Å². The molecule has 3 heteroatoms. The molecule has 2 saturated carbocycles. The van der Waals surface area contributed by atoms with Gasteiger partial charge in [0.15, 0.2) is 11.6 Å². The summed E-state index contributed by atoms with van der Waals surface area (Å²) in [6.07, 6.45) is 4.90. The summed E-state index contributed by atoms with van der Waals surface area (Å²) in [4.78, 5) is 25.4. The van der Waals surface area contributed by atoms with Gasteiger partial charge in [-0.05, 0) is 47.7 Å². The molecule has 2 fully saturated rings. The fraction of sp³-hybridized carbons (Fsp3) is 0.700. The van der Waals surface area contributed by atoms with Crippen molar-refractivity contribution in [3.63, 3.8) is 0 Å². The zero-order valence-corrected chi connectivity index (χ0v) is 14.6. The summed E-state index contributed by atoms with van der Waals surface area (Å²) in [6.45, 7) is 12.1. The van der Waals surface area contributed by atoms with Crippen LogP contribution in [0, 0.1) is 34.5 Å². The maximum atomic E-state index is 12.9. The van der Waals surface area contributed by atoms with Gasteiger partial charge in [-0.3, -0.25) is 9.59 Å². The highest BCUT2D eigenvalue weighted by molar-refractivity contribution is 5.96. The van der Waals surface area contributed by atoms with Gasteiger partial charge in [-0.2, -0.15) is 0 Å². The van der Waals surface area contributed by atoms with Crippen LogP contribution in [0.25, 0.3) is 0 Å². The molecule has 0 heterocycles. The van der Waals surface area contributed by atoms with Gasteiger partial charge in [0.2, 0.25) is 0 Å². The van der Waals surface area contributed by atoms with Gasteiger partial charge in [0.1, 0.15) is 6.10 Å². The Morgan fingerprint density at radius 2 is 1.91 bits per heavy atom. The van der Waals surface area contributed by atoms with Gasteiger partial charge in [-0.15, -0.1) is 0 Å². The van der Waals surface area contributed by atoms with Crippen LogP contribution in [0.4, 0.5) is 0 Å². The van der Waals surface area contributed by atoms with Gasteiger partial charge in [-0.1, -0.05) is 40.3 Å². The first-order chi connectivity index (χ1) is 10.6.